The third kappa shape index (κ3) is 3.16. The molecule has 7 heteroatoms. The number of sulfone groups is 1. The van der Waals surface area contributed by atoms with E-state index in [2.05, 4.69) is 9.97 Å². The van der Waals surface area contributed by atoms with Crippen molar-refractivity contribution in [1.29, 1.82) is 0 Å². The average Bonchev–Trinajstić information content (AvgIpc) is 2.91. The van der Waals surface area contributed by atoms with Crippen molar-refractivity contribution in [2.24, 2.45) is 0 Å². The molecule has 24 heavy (non-hydrogen) atoms. The molecule has 3 aromatic rings. The summed E-state index contributed by atoms with van der Waals surface area (Å²) >= 11 is 6.19. The molecule has 0 amide bonds. The Morgan fingerprint density at radius 1 is 1.17 bits per heavy atom. The van der Waals surface area contributed by atoms with E-state index in [0.29, 0.717) is 17.1 Å². The van der Waals surface area contributed by atoms with Gasteiger partial charge in [-0.1, -0.05) is 38.4 Å². The fraction of sp³-hybridized carbons (Fsp3) is 0.294. The van der Waals surface area contributed by atoms with E-state index < -0.39 is 9.84 Å². The van der Waals surface area contributed by atoms with Crippen LogP contribution >= 0.6 is 11.6 Å². The van der Waals surface area contributed by atoms with Crippen LogP contribution in [0.25, 0.3) is 11.1 Å². The fourth-order valence-corrected chi connectivity index (χ4v) is 4.30. The van der Waals surface area contributed by atoms with Gasteiger partial charge in [-0.15, -0.1) is 0 Å². The second kappa shape index (κ2) is 5.86. The summed E-state index contributed by atoms with van der Waals surface area (Å²) in [4.78, 5) is 8.44. The van der Waals surface area contributed by atoms with Gasteiger partial charge in [-0.25, -0.2) is 13.4 Å². The Bertz CT molecular complexity index is 990. The lowest BCUT2D eigenvalue weighted by Crippen LogP contribution is -2.11. The molecule has 0 unspecified atom stereocenters. The monoisotopic (exact) mass is 364 g/mol. The minimum absolute atomic E-state index is 0.0321. The highest BCUT2D eigenvalue weighted by Crippen LogP contribution is 2.35. The summed E-state index contributed by atoms with van der Waals surface area (Å²) < 4.78 is 31.5. The maximum absolute atomic E-state index is 12.9. The zero-order valence-electron chi connectivity index (χ0n) is 13.6. The van der Waals surface area contributed by atoms with Crippen LogP contribution in [0.15, 0.2) is 45.8 Å². The van der Waals surface area contributed by atoms with Gasteiger partial charge in [0.1, 0.15) is 10.4 Å². The van der Waals surface area contributed by atoms with Crippen molar-refractivity contribution in [3.05, 3.63) is 53.1 Å². The molecule has 0 N–H and O–H groups in total. The van der Waals surface area contributed by atoms with E-state index in [1.165, 1.54) is 6.07 Å². The number of halogens is 1. The van der Waals surface area contributed by atoms with Crippen LogP contribution in [0.5, 0.6) is 0 Å². The smallest absolute Gasteiger partial charge is 0.200 e. The number of oxazole rings is 1. The number of rotatable bonds is 3. The summed E-state index contributed by atoms with van der Waals surface area (Å²) in [7, 11) is -3.73. The quantitative estimate of drug-likeness (QED) is 0.698. The second-order valence-electron chi connectivity index (χ2n) is 6.57. The number of hydrogen-bond acceptors (Lipinski definition) is 5. The number of hydrogen-bond donors (Lipinski definition) is 0. The molecule has 126 valence electrons. The first-order valence-corrected chi connectivity index (χ1v) is 9.44. The summed E-state index contributed by atoms with van der Waals surface area (Å²) in [6.45, 7) is 5.84. The average molecular weight is 365 g/mol. The maximum atomic E-state index is 12.9. The summed E-state index contributed by atoms with van der Waals surface area (Å²) in [5, 5.41) is 0.120. The van der Waals surface area contributed by atoms with Crippen molar-refractivity contribution in [3.63, 3.8) is 0 Å². The third-order valence-electron chi connectivity index (χ3n) is 3.48. The van der Waals surface area contributed by atoms with E-state index in [1.54, 1.807) is 30.5 Å². The molecule has 0 atom stereocenters. The molecule has 5 nitrogen and oxygen atoms in total. The van der Waals surface area contributed by atoms with E-state index >= 15 is 0 Å². The minimum Gasteiger partial charge on any atom is -0.439 e. The van der Waals surface area contributed by atoms with Crippen LogP contribution in [0.1, 0.15) is 32.4 Å². The first-order valence-electron chi connectivity index (χ1n) is 7.41. The van der Waals surface area contributed by atoms with Gasteiger partial charge in [0, 0.05) is 11.6 Å². The summed E-state index contributed by atoms with van der Waals surface area (Å²) in [6.07, 6.45) is 1.55. The standard InChI is InChI=1S/C17H17ClN2O3S/c1-17(2,3)16-20-13-8-7-12(18)15(14(13)23-16)24(21,22)10-11-6-4-5-9-19-11/h4-9H,10H2,1-3H3. The number of nitrogens with zero attached hydrogens (tertiary/aromatic N) is 2. The summed E-state index contributed by atoms with van der Waals surface area (Å²) in [5.41, 5.74) is 0.779. The van der Waals surface area contributed by atoms with E-state index in [1.807, 2.05) is 20.8 Å². The van der Waals surface area contributed by atoms with Crippen LogP contribution in [0.3, 0.4) is 0 Å². The Hall–Kier alpha value is -1.92. The number of aromatic nitrogens is 2. The van der Waals surface area contributed by atoms with Gasteiger partial charge in [0.05, 0.1) is 16.5 Å². The summed E-state index contributed by atoms with van der Waals surface area (Å²) in [6, 6.07) is 8.33. The first kappa shape index (κ1) is 16.9. The lowest BCUT2D eigenvalue weighted by molar-refractivity contribution is 0.408. The SMILES string of the molecule is CC(C)(C)c1nc2ccc(Cl)c(S(=O)(=O)Cc3ccccn3)c2o1. The maximum Gasteiger partial charge on any atom is 0.200 e. The van der Waals surface area contributed by atoms with E-state index in [-0.39, 0.29) is 26.7 Å². The fourth-order valence-electron chi connectivity index (χ4n) is 2.30. The molecule has 3 rings (SSSR count). The van der Waals surface area contributed by atoms with Gasteiger partial charge in [-0.05, 0) is 24.3 Å². The van der Waals surface area contributed by atoms with Crippen LogP contribution in [0, 0.1) is 0 Å². The van der Waals surface area contributed by atoms with Crippen molar-refractivity contribution in [3.8, 4) is 0 Å². The lowest BCUT2D eigenvalue weighted by Gasteiger charge is -2.12. The van der Waals surface area contributed by atoms with Crippen molar-refractivity contribution in [2.75, 3.05) is 0 Å². The van der Waals surface area contributed by atoms with Crippen molar-refractivity contribution in [1.82, 2.24) is 9.97 Å². The molecule has 0 aliphatic rings. The normalized spacial score (nSPS) is 12.7. The molecule has 0 aliphatic carbocycles. The molecule has 0 aliphatic heterocycles. The Balaban J connectivity index is 2.17. The minimum atomic E-state index is -3.73. The molecular weight excluding hydrogens is 348 g/mol. The predicted molar refractivity (Wildman–Crippen MR) is 92.8 cm³/mol. The van der Waals surface area contributed by atoms with Crippen LogP contribution in [-0.4, -0.2) is 18.4 Å². The van der Waals surface area contributed by atoms with Gasteiger partial charge in [0.2, 0.25) is 5.89 Å². The van der Waals surface area contributed by atoms with Gasteiger partial charge < -0.3 is 4.42 Å². The Morgan fingerprint density at radius 2 is 1.92 bits per heavy atom. The topological polar surface area (TPSA) is 73.1 Å². The van der Waals surface area contributed by atoms with Crippen molar-refractivity contribution >= 4 is 32.5 Å². The largest absolute Gasteiger partial charge is 0.439 e. The van der Waals surface area contributed by atoms with E-state index in [0.717, 1.165) is 0 Å². The molecule has 0 radical (unpaired) electrons. The van der Waals surface area contributed by atoms with Crippen LogP contribution in [0.2, 0.25) is 5.02 Å². The first-order chi connectivity index (χ1) is 11.2. The van der Waals surface area contributed by atoms with Crippen LogP contribution < -0.4 is 0 Å². The second-order valence-corrected chi connectivity index (χ2v) is 8.91. The zero-order chi connectivity index (χ0) is 17.5. The summed E-state index contributed by atoms with van der Waals surface area (Å²) in [5.74, 6) is 0.215. The number of pyridine rings is 1. The van der Waals surface area contributed by atoms with Gasteiger partial charge in [0.15, 0.2) is 15.4 Å². The van der Waals surface area contributed by atoms with E-state index in [9.17, 15) is 8.42 Å². The highest BCUT2D eigenvalue weighted by molar-refractivity contribution is 7.91. The molecule has 0 saturated carbocycles. The Kier molecular flexibility index (Phi) is 4.13. The molecule has 0 saturated heterocycles. The van der Waals surface area contributed by atoms with Gasteiger partial charge in [-0.3, -0.25) is 4.98 Å². The van der Waals surface area contributed by atoms with Crippen molar-refractivity contribution in [2.45, 2.75) is 36.8 Å². The zero-order valence-corrected chi connectivity index (χ0v) is 15.1. The highest BCUT2D eigenvalue weighted by Gasteiger charge is 2.28. The van der Waals surface area contributed by atoms with Gasteiger partial charge >= 0.3 is 0 Å². The molecule has 1 aromatic carbocycles. The van der Waals surface area contributed by atoms with Gasteiger partial charge in [-0.2, -0.15) is 0 Å². The van der Waals surface area contributed by atoms with Crippen molar-refractivity contribution < 1.29 is 12.8 Å². The Labute approximate surface area is 145 Å². The molecule has 2 heterocycles. The van der Waals surface area contributed by atoms with E-state index in [4.69, 9.17) is 16.0 Å². The Morgan fingerprint density at radius 3 is 2.54 bits per heavy atom. The van der Waals surface area contributed by atoms with Crippen LogP contribution in [0.4, 0.5) is 0 Å². The number of benzene rings is 1. The molecular formula is C17H17ClN2O3S. The van der Waals surface area contributed by atoms with Gasteiger partial charge in [0.25, 0.3) is 0 Å². The molecule has 0 fully saturated rings. The highest BCUT2D eigenvalue weighted by atomic mass is 35.5. The molecule has 0 bridgehead atoms. The molecule has 0 spiro atoms. The number of fused-ring (bicyclic) bond motifs is 1. The van der Waals surface area contributed by atoms with Crippen LogP contribution in [-0.2, 0) is 21.0 Å². The predicted octanol–water partition coefficient (Wildman–Crippen LogP) is 4.15. The lowest BCUT2D eigenvalue weighted by atomic mass is 9.97. The molecule has 2 aromatic heterocycles. The third-order valence-corrected chi connectivity index (χ3v) is 5.61.